The monoisotopic (exact) mass is 351 g/mol. The van der Waals surface area contributed by atoms with Gasteiger partial charge in [-0.25, -0.2) is 4.98 Å². The zero-order chi connectivity index (χ0) is 18.2. The van der Waals surface area contributed by atoms with Gasteiger partial charge in [-0.05, 0) is 22.6 Å². The summed E-state index contributed by atoms with van der Waals surface area (Å²) in [6.45, 7) is -0.0588. The summed E-state index contributed by atoms with van der Waals surface area (Å²) in [5.74, 6) is -0.0356. The lowest BCUT2D eigenvalue weighted by Crippen LogP contribution is -2.21. The Morgan fingerprint density at radius 3 is 2.64 bits per heavy atom. The van der Waals surface area contributed by atoms with Crippen molar-refractivity contribution in [2.45, 2.75) is 12.7 Å². The van der Waals surface area contributed by atoms with Crippen LogP contribution in [0.1, 0.15) is 11.1 Å². The van der Waals surface area contributed by atoms with Crippen LogP contribution in [0.2, 0.25) is 0 Å². The van der Waals surface area contributed by atoms with E-state index in [4.69, 9.17) is 0 Å². The fraction of sp³-hybridized carbons (Fsp3) is 0.200. The number of rotatable bonds is 4. The highest BCUT2D eigenvalue weighted by Crippen LogP contribution is 2.32. The third kappa shape index (κ3) is 3.23. The van der Waals surface area contributed by atoms with Gasteiger partial charge in [0.1, 0.15) is 6.20 Å². The quantitative estimate of drug-likeness (QED) is 0.532. The second kappa shape index (κ2) is 6.04. The van der Waals surface area contributed by atoms with Crippen molar-refractivity contribution in [3.63, 3.8) is 0 Å². The van der Waals surface area contributed by atoms with Crippen molar-refractivity contribution in [3.8, 4) is 0 Å². The largest absolute Gasteiger partial charge is 0.416 e. The molecule has 0 atom stereocenters. The molecule has 0 aliphatic carbocycles. The van der Waals surface area contributed by atoms with Crippen molar-refractivity contribution >= 4 is 17.3 Å². The lowest BCUT2D eigenvalue weighted by molar-refractivity contribution is -0.391. The Bertz CT molecular complexity index is 938. The van der Waals surface area contributed by atoms with E-state index in [0.717, 1.165) is 16.8 Å². The Kier molecular flexibility index (Phi) is 4.03. The molecule has 7 nitrogen and oxygen atoms in total. The summed E-state index contributed by atoms with van der Waals surface area (Å²) in [7, 11) is 1.56. The van der Waals surface area contributed by atoms with E-state index in [-0.39, 0.29) is 29.4 Å². The summed E-state index contributed by atoms with van der Waals surface area (Å²) in [5.41, 5.74) is -0.365. The molecule has 10 heteroatoms. The molecular formula is C15H12F3N5O2. The minimum Gasteiger partial charge on any atom is -0.358 e. The van der Waals surface area contributed by atoms with E-state index >= 15 is 0 Å². The van der Waals surface area contributed by atoms with Gasteiger partial charge in [0.05, 0.1) is 5.56 Å². The van der Waals surface area contributed by atoms with Crippen LogP contribution in [0.5, 0.6) is 0 Å². The first-order valence-corrected chi connectivity index (χ1v) is 7.13. The molecule has 0 fully saturated rings. The van der Waals surface area contributed by atoms with E-state index in [1.54, 1.807) is 13.1 Å². The number of benzene rings is 1. The molecule has 0 aliphatic heterocycles. The molecule has 0 aliphatic rings. The average molecular weight is 351 g/mol. The molecule has 3 aromatic rings. The van der Waals surface area contributed by atoms with Gasteiger partial charge in [0.2, 0.25) is 5.65 Å². The molecule has 2 heterocycles. The fourth-order valence-corrected chi connectivity index (χ4v) is 2.45. The van der Waals surface area contributed by atoms with E-state index < -0.39 is 16.7 Å². The fourth-order valence-electron chi connectivity index (χ4n) is 2.45. The number of hydrogen-bond donors (Lipinski definition) is 0. The van der Waals surface area contributed by atoms with Crippen LogP contribution in [0.3, 0.4) is 0 Å². The number of alkyl halides is 3. The van der Waals surface area contributed by atoms with Gasteiger partial charge < -0.3 is 15.0 Å². The van der Waals surface area contributed by atoms with Crippen LogP contribution in [0, 0.1) is 10.1 Å². The zero-order valence-electron chi connectivity index (χ0n) is 12.9. The number of halogens is 3. The maximum atomic E-state index is 13.1. The smallest absolute Gasteiger partial charge is 0.358 e. The molecule has 0 spiro atoms. The molecule has 0 N–H and O–H groups in total. The third-order valence-corrected chi connectivity index (χ3v) is 3.64. The highest BCUT2D eigenvalue weighted by atomic mass is 19.4. The molecule has 3 rings (SSSR count). The Morgan fingerprint density at radius 2 is 1.96 bits per heavy atom. The maximum absolute atomic E-state index is 13.1. The highest BCUT2D eigenvalue weighted by Gasteiger charge is 2.33. The first kappa shape index (κ1) is 16.7. The molecular weight excluding hydrogens is 339 g/mol. The van der Waals surface area contributed by atoms with Crippen LogP contribution < -0.4 is 4.90 Å². The second-order valence-corrected chi connectivity index (χ2v) is 5.35. The molecule has 130 valence electrons. The standard InChI is InChI=1S/C15H12F3N5O2/c1-21(9-10-4-2-3-5-11(10)15(16,17)18)13-7-6-12-19-8-14(23(24)25)22(12)20-13/h2-8H,9H2,1H3. The van der Waals surface area contributed by atoms with Gasteiger partial charge in [-0.2, -0.15) is 13.2 Å². The molecule has 0 radical (unpaired) electrons. The number of anilines is 1. The summed E-state index contributed by atoms with van der Waals surface area (Å²) in [6, 6.07) is 8.31. The number of nitro groups is 1. The first-order valence-electron chi connectivity index (χ1n) is 7.13. The van der Waals surface area contributed by atoms with Crippen LogP contribution in [-0.2, 0) is 12.7 Å². The van der Waals surface area contributed by atoms with Crippen molar-refractivity contribution in [1.82, 2.24) is 14.6 Å². The number of imidazole rings is 1. The number of fused-ring (bicyclic) bond motifs is 1. The van der Waals surface area contributed by atoms with E-state index in [9.17, 15) is 23.3 Å². The maximum Gasteiger partial charge on any atom is 0.416 e. The summed E-state index contributed by atoms with van der Waals surface area (Å²) < 4.78 is 40.3. The van der Waals surface area contributed by atoms with E-state index in [1.807, 2.05) is 0 Å². The molecule has 0 unspecified atom stereocenters. The van der Waals surface area contributed by atoms with Crippen LogP contribution in [0.25, 0.3) is 5.65 Å². The predicted molar refractivity (Wildman–Crippen MR) is 83.2 cm³/mol. The van der Waals surface area contributed by atoms with Gasteiger partial charge in [-0.15, -0.1) is 0 Å². The van der Waals surface area contributed by atoms with Crippen molar-refractivity contribution < 1.29 is 18.1 Å². The van der Waals surface area contributed by atoms with Crippen LogP contribution >= 0.6 is 0 Å². The van der Waals surface area contributed by atoms with Crippen molar-refractivity contribution in [2.24, 2.45) is 0 Å². The minimum atomic E-state index is -4.46. The summed E-state index contributed by atoms with van der Waals surface area (Å²) in [5, 5.41) is 15.1. The third-order valence-electron chi connectivity index (χ3n) is 3.64. The topological polar surface area (TPSA) is 76.6 Å². The zero-order valence-corrected chi connectivity index (χ0v) is 12.9. The SMILES string of the molecule is CN(Cc1ccccc1C(F)(F)F)c1ccc2ncc([N+](=O)[O-])n2n1. The van der Waals surface area contributed by atoms with E-state index in [0.29, 0.717) is 0 Å². The Balaban J connectivity index is 1.94. The summed E-state index contributed by atoms with van der Waals surface area (Å²) in [6.07, 6.45) is -3.39. The van der Waals surface area contributed by atoms with E-state index in [1.165, 1.54) is 29.2 Å². The molecule has 0 amide bonds. The molecule has 0 saturated heterocycles. The van der Waals surface area contributed by atoms with Gasteiger partial charge in [0.15, 0.2) is 5.82 Å². The first-order chi connectivity index (χ1) is 11.8. The molecule has 25 heavy (non-hydrogen) atoms. The van der Waals surface area contributed by atoms with Crippen LogP contribution in [0.15, 0.2) is 42.6 Å². The van der Waals surface area contributed by atoms with Gasteiger partial charge >= 0.3 is 12.0 Å². The van der Waals surface area contributed by atoms with Crippen molar-refractivity contribution in [1.29, 1.82) is 0 Å². The number of nitrogens with zero attached hydrogens (tertiary/aromatic N) is 5. The van der Waals surface area contributed by atoms with Gasteiger partial charge in [-0.3, -0.25) is 0 Å². The molecule has 0 bridgehead atoms. The Morgan fingerprint density at radius 1 is 1.24 bits per heavy atom. The lowest BCUT2D eigenvalue weighted by Gasteiger charge is -2.20. The van der Waals surface area contributed by atoms with Gasteiger partial charge in [0, 0.05) is 19.7 Å². The minimum absolute atomic E-state index is 0.0588. The number of hydrogen-bond acceptors (Lipinski definition) is 5. The normalized spacial score (nSPS) is 11.7. The van der Waals surface area contributed by atoms with Crippen LogP contribution in [-0.4, -0.2) is 26.6 Å². The van der Waals surface area contributed by atoms with Crippen LogP contribution in [0.4, 0.5) is 24.8 Å². The lowest BCUT2D eigenvalue weighted by atomic mass is 10.1. The highest BCUT2D eigenvalue weighted by molar-refractivity contribution is 5.49. The van der Waals surface area contributed by atoms with Gasteiger partial charge in [0.25, 0.3) is 0 Å². The average Bonchev–Trinajstić information content (AvgIpc) is 2.97. The van der Waals surface area contributed by atoms with Crippen molar-refractivity contribution in [2.75, 3.05) is 11.9 Å². The summed E-state index contributed by atoms with van der Waals surface area (Å²) in [4.78, 5) is 15.7. The van der Waals surface area contributed by atoms with E-state index in [2.05, 4.69) is 10.1 Å². The summed E-state index contributed by atoms with van der Waals surface area (Å²) >= 11 is 0. The van der Waals surface area contributed by atoms with Crippen molar-refractivity contribution in [3.05, 3.63) is 63.8 Å². The number of aromatic nitrogens is 3. The van der Waals surface area contributed by atoms with Gasteiger partial charge in [-0.1, -0.05) is 27.8 Å². The Hall–Kier alpha value is -3.17. The molecule has 0 saturated carbocycles. The Labute approximate surface area is 139 Å². The molecule has 2 aromatic heterocycles. The predicted octanol–water partition coefficient (Wildman–Crippen LogP) is 3.29. The molecule has 1 aromatic carbocycles. The second-order valence-electron chi connectivity index (χ2n) is 5.35.